The second-order valence-corrected chi connectivity index (χ2v) is 6.32. The van der Waals surface area contributed by atoms with Crippen LogP contribution >= 0.6 is 0 Å². The molecule has 0 aliphatic carbocycles. The third-order valence-electron chi connectivity index (χ3n) is 4.49. The Balaban J connectivity index is 1.76. The van der Waals surface area contributed by atoms with Gasteiger partial charge >= 0.3 is 0 Å². The van der Waals surface area contributed by atoms with Crippen molar-refractivity contribution in [1.82, 2.24) is 5.43 Å². The van der Waals surface area contributed by atoms with Crippen LogP contribution in [0.25, 0.3) is 0 Å². The third-order valence-corrected chi connectivity index (χ3v) is 4.49. The summed E-state index contributed by atoms with van der Waals surface area (Å²) in [4.78, 5) is 10.5. The van der Waals surface area contributed by atoms with Gasteiger partial charge in [0.1, 0.15) is 6.17 Å². The number of para-hydroxylation sites is 2. The van der Waals surface area contributed by atoms with Gasteiger partial charge < -0.3 is 0 Å². The third kappa shape index (κ3) is 3.37. The summed E-state index contributed by atoms with van der Waals surface area (Å²) in [6, 6.07) is 26.0. The lowest BCUT2D eigenvalue weighted by molar-refractivity contribution is -0.384. The Morgan fingerprint density at radius 1 is 0.821 bits per heavy atom. The van der Waals surface area contributed by atoms with E-state index in [9.17, 15) is 10.1 Å². The van der Waals surface area contributed by atoms with E-state index in [2.05, 4.69) is 0 Å². The highest BCUT2D eigenvalue weighted by atomic mass is 16.6. The fourth-order valence-electron chi connectivity index (χ4n) is 3.05. The van der Waals surface area contributed by atoms with Gasteiger partial charge in [0.25, 0.3) is 5.69 Å². The predicted molar refractivity (Wildman–Crippen MR) is 109 cm³/mol. The Hall–Kier alpha value is -3.87. The molecule has 0 N–H and O–H groups in total. The number of hydrogen-bond donors (Lipinski definition) is 0. The van der Waals surface area contributed by atoms with Gasteiger partial charge in [0.15, 0.2) is 5.84 Å². The maximum Gasteiger partial charge on any atom is 0.269 e. The van der Waals surface area contributed by atoms with E-state index in [0.29, 0.717) is 11.4 Å². The number of nitro groups is 1. The van der Waals surface area contributed by atoms with E-state index in [1.54, 1.807) is 12.1 Å². The Kier molecular flexibility index (Phi) is 4.63. The maximum atomic E-state index is 10.9. The summed E-state index contributed by atoms with van der Waals surface area (Å²) < 4.78 is 0. The quantitative estimate of drug-likeness (QED) is 0.509. The molecule has 0 saturated heterocycles. The van der Waals surface area contributed by atoms with Crippen LogP contribution in [0.1, 0.15) is 12.5 Å². The van der Waals surface area contributed by atoms with Gasteiger partial charge in [-0.05, 0) is 43.3 Å². The van der Waals surface area contributed by atoms with E-state index >= 15 is 0 Å². The SMILES string of the molecule is C[C@@H]1N(c2ccccc2)[N]C(c2ccc([N+](=O)[O-])cc2)=NN1c1ccccc1. The predicted octanol–water partition coefficient (Wildman–Crippen LogP) is 4.15. The van der Waals surface area contributed by atoms with Crippen LogP contribution in [0.2, 0.25) is 0 Å². The molecule has 139 valence electrons. The molecule has 1 atom stereocenters. The topological polar surface area (TPSA) is 76.1 Å². The van der Waals surface area contributed by atoms with E-state index in [1.165, 1.54) is 12.1 Å². The normalized spacial score (nSPS) is 16.3. The first-order valence-electron chi connectivity index (χ1n) is 8.87. The van der Waals surface area contributed by atoms with Crippen molar-refractivity contribution in [2.75, 3.05) is 10.0 Å². The molecule has 7 nitrogen and oxygen atoms in total. The molecule has 7 heteroatoms. The van der Waals surface area contributed by atoms with E-state index < -0.39 is 4.92 Å². The number of hydrogen-bond acceptors (Lipinski definition) is 5. The van der Waals surface area contributed by atoms with Crippen molar-refractivity contribution in [3.8, 4) is 0 Å². The summed E-state index contributed by atoms with van der Waals surface area (Å²) in [5.41, 5.74) is 7.34. The van der Waals surface area contributed by atoms with Crippen molar-refractivity contribution in [1.29, 1.82) is 0 Å². The maximum absolute atomic E-state index is 10.9. The molecule has 0 fully saturated rings. The first kappa shape index (κ1) is 17.5. The van der Waals surface area contributed by atoms with Gasteiger partial charge in [-0.3, -0.25) is 10.1 Å². The van der Waals surface area contributed by atoms with Gasteiger partial charge in [0.05, 0.1) is 16.3 Å². The van der Waals surface area contributed by atoms with Gasteiger partial charge in [-0.1, -0.05) is 36.4 Å². The van der Waals surface area contributed by atoms with Gasteiger partial charge in [0, 0.05) is 17.7 Å². The van der Waals surface area contributed by atoms with E-state index in [-0.39, 0.29) is 11.9 Å². The van der Waals surface area contributed by atoms with Crippen LogP contribution in [-0.2, 0) is 0 Å². The lowest BCUT2D eigenvalue weighted by Crippen LogP contribution is -2.55. The standard InChI is InChI=1S/C21H18N5O2/c1-16-24(18-8-4-2-5-9-18)22-21(17-12-14-20(15-13-17)26(27)28)23-25(16)19-10-6-3-7-11-19/h2-16H,1H3. The van der Waals surface area contributed by atoms with Crippen LogP contribution in [0, 0.1) is 10.1 Å². The summed E-state index contributed by atoms with van der Waals surface area (Å²) in [7, 11) is 0. The Morgan fingerprint density at radius 3 is 1.89 bits per heavy atom. The molecule has 3 aromatic rings. The van der Waals surface area contributed by atoms with Crippen molar-refractivity contribution < 1.29 is 4.92 Å². The number of hydrazone groups is 1. The average Bonchev–Trinajstić information content (AvgIpc) is 2.75. The fourth-order valence-corrected chi connectivity index (χ4v) is 3.05. The molecular formula is C21H18N5O2. The number of amidine groups is 1. The van der Waals surface area contributed by atoms with E-state index in [0.717, 1.165) is 11.4 Å². The molecule has 0 unspecified atom stereocenters. The van der Waals surface area contributed by atoms with E-state index in [1.807, 2.05) is 77.6 Å². The lowest BCUT2D eigenvalue weighted by atomic mass is 10.2. The van der Waals surface area contributed by atoms with Gasteiger partial charge in [-0.25, -0.2) is 10.0 Å². The zero-order chi connectivity index (χ0) is 19.5. The van der Waals surface area contributed by atoms with Crippen LogP contribution in [0.15, 0.2) is 90.0 Å². The Bertz CT molecular complexity index is 990. The van der Waals surface area contributed by atoms with Gasteiger partial charge in [-0.2, -0.15) is 0 Å². The molecular weight excluding hydrogens is 354 g/mol. The molecule has 4 rings (SSSR count). The Morgan fingerprint density at radius 2 is 1.36 bits per heavy atom. The molecule has 3 aromatic carbocycles. The van der Waals surface area contributed by atoms with Crippen LogP contribution in [0.3, 0.4) is 0 Å². The first-order chi connectivity index (χ1) is 13.6. The van der Waals surface area contributed by atoms with Gasteiger partial charge in [0.2, 0.25) is 0 Å². The fraction of sp³-hybridized carbons (Fsp3) is 0.0952. The van der Waals surface area contributed by atoms with Gasteiger partial charge in [-0.15, -0.1) is 10.5 Å². The summed E-state index contributed by atoms with van der Waals surface area (Å²) in [5.74, 6) is 0.487. The molecule has 28 heavy (non-hydrogen) atoms. The molecule has 1 aliphatic heterocycles. The van der Waals surface area contributed by atoms with Crippen molar-refractivity contribution in [2.45, 2.75) is 13.1 Å². The number of nitro benzene ring substituents is 1. The number of non-ortho nitro benzene ring substituents is 1. The number of rotatable bonds is 4. The summed E-state index contributed by atoms with van der Waals surface area (Å²) in [5, 5.41) is 19.5. The highest BCUT2D eigenvalue weighted by molar-refractivity contribution is 6.00. The Labute approximate surface area is 162 Å². The summed E-state index contributed by atoms with van der Waals surface area (Å²) in [6.07, 6.45) is -0.147. The molecule has 0 aromatic heterocycles. The zero-order valence-electron chi connectivity index (χ0n) is 15.2. The second kappa shape index (κ2) is 7.40. The first-order valence-corrected chi connectivity index (χ1v) is 8.87. The number of nitrogens with zero attached hydrogens (tertiary/aromatic N) is 5. The molecule has 1 aliphatic rings. The van der Waals surface area contributed by atoms with Crippen molar-refractivity contribution in [2.24, 2.45) is 5.10 Å². The summed E-state index contributed by atoms with van der Waals surface area (Å²) in [6.45, 7) is 2.03. The largest absolute Gasteiger partial charge is 0.269 e. The highest BCUT2D eigenvalue weighted by Gasteiger charge is 2.30. The smallest absolute Gasteiger partial charge is 0.258 e. The van der Waals surface area contributed by atoms with Crippen molar-refractivity contribution >= 4 is 22.9 Å². The highest BCUT2D eigenvalue weighted by Crippen LogP contribution is 2.27. The average molecular weight is 372 g/mol. The van der Waals surface area contributed by atoms with Crippen molar-refractivity contribution in [3.05, 3.63) is 101 Å². The zero-order valence-corrected chi connectivity index (χ0v) is 15.2. The monoisotopic (exact) mass is 372 g/mol. The molecule has 1 radical (unpaired) electrons. The van der Waals surface area contributed by atoms with E-state index in [4.69, 9.17) is 10.5 Å². The van der Waals surface area contributed by atoms with Crippen LogP contribution in [0.5, 0.6) is 0 Å². The molecule has 0 bridgehead atoms. The lowest BCUT2D eigenvalue weighted by Gasteiger charge is -2.40. The van der Waals surface area contributed by atoms with Crippen LogP contribution in [0.4, 0.5) is 17.1 Å². The molecule has 0 amide bonds. The van der Waals surface area contributed by atoms with Crippen LogP contribution in [-0.4, -0.2) is 16.9 Å². The molecule has 0 saturated carbocycles. The number of benzene rings is 3. The molecule has 1 heterocycles. The minimum atomic E-state index is -0.418. The second-order valence-electron chi connectivity index (χ2n) is 6.32. The summed E-state index contributed by atoms with van der Waals surface area (Å²) >= 11 is 0. The minimum absolute atomic E-state index is 0.0355. The molecule has 0 spiro atoms. The number of anilines is 2. The van der Waals surface area contributed by atoms with Crippen LogP contribution < -0.4 is 15.4 Å². The minimum Gasteiger partial charge on any atom is -0.258 e. The van der Waals surface area contributed by atoms with Crippen molar-refractivity contribution in [3.63, 3.8) is 0 Å².